The van der Waals surface area contributed by atoms with E-state index in [9.17, 15) is 0 Å². The summed E-state index contributed by atoms with van der Waals surface area (Å²) in [6.07, 6.45) is 1.12. The molecule has 3 heterocycles. The Balaban J connectivity index is 0.00000113. The third-order valence-electron chi connectivity index (χ3n) is 4.72. The van der Waals surface area contributed by atoms with Crippen molar-refractivity contribution in [1.29, 1.82) is 0 Å². The first-order valence-electron chi connectivity index (χ1n) is 8.29. The van der Waals surface area contributed by atoms with Crippen LogP contribution in [-0.4, -0.2) is 21.3 Å². The van der Waals surface area contributed by atoms with Crippen molar-refractivity contribution >= 4 is 35.7 Å². The van der Waals surface area contributed by atoms with Crippen molar-refractivity contribution in [3.63, 3.8) is 0 Å². The van der Waals surface area contributed by atoms with Gasteiger partial charge >= 0.3 is 0 Å². The van der Waals surface area contributed by atoms with Gasteiger partial charge in [-0.25, -0.2) is 4.98 Å². The summed E-state index contributed by atoms with van der Waals surface area (Å²) >= 11 is 0. The van der Waals surface area contributed by atoms with Crippen molar-refractivity contribution < 1.29 is 0 Å². The van der Waals surface area contributed by atoms with Crippen molar-refractivity contribution in [2.75, 3.05) is 6.54 Å². The van der Waals surface area contributed by atoms with Gasteiger partial charge < -0.3 is 5.32 Å². The Morgan fingerprint density at radius 3 is 2.52 bits per heavy atom. The van der Waals surface area contributed by atoms with E-state index in [1.165, 1.54) is 27.8 Å². The zero-order chi connectivity index (χ0) is 16.0. The quantitative estimate of drug-likeness (QED) is 0.683. The predicted octanol–water partition coefficient (Wildman–Crippen LogP) is 4.36. The second-order valence-corrected chi connectivity index (χ2v) is 6.52. The number of benzene rings is 1. The lowest BCUT2D eigenvalue weighted by atomic mass is 10.0. The first-order chi connectivity index (χ1) is 11.1. The van der Waals surface area contributed by atoms with Crippen molar-refractivity contribution in [3.05, 3.63) is 46.6 Å². The number of pyridine rings is 1. The Hall–Kier alpha value is -1.62. The molecule has 4 nitrogen and oxygen atoms in total. The first kappa shape index (κ1) is 19.7. The molecule has 0 radical (unpaired) electrons. The summed E-state index contributed by atoms with van der Waals surface area (Å²) in [6, 6.07) is 8.68. The normalized spacial score (nSPS) is 13.6. The van der Waals surface area contributed by atoms with E-state index in [1.807, 2.05) is 0 Å². The highest BCUT2D eigenvalue weighted by molar-refractivity contribution is 5.89. The number of hydrogen-bond acceptors (Lipinski definition) is 3. The van der Waals surface area contributed by atoms with Crippen LogP contribution in [0.5, 0.6) is 0 Å². The van der Waals surface area contributed by atoms with E-state index in [-0.39, 0.29) is 24.8 Å². The Kier molecular flexibility index (Phi) is 6.09. The molecule has 0 unspecified atom stereocenters. The average Bonchev–Trinajstić information content (AvgIpc) is 2.81. The topological polar surface area (TPSA) is 42.7 Å². The molecule has 0 saturated carbocycles. The fourth-order valence-corrected chi connectivity index (χ4v) is 3.49. The molecule has 0 spiro atoms. The summed E-state index contributed by atoms with van der Waals surface area (Å²) in [5.41, 5.74) is 8.08. The monoisotopic (exact) mass is 378 g/mol. The largest absolute Gasteiger partial charge is 0.311 e. The summed E-state index contributed by atoms with van der Waals surface area (Å²) < 4.78 is 2.12. The highest BCUT2D eigenvalue weighted by Crippen LogP contribution is 2.28. The second kappa shape index (κ2) is 7.73. The minimum Gasteiger partial charge on any atom is -0.311 e. The zero-order valence-corrected chi connectivity index (χ0v) is 16.4. The van der Waals surface area contributed by atoms with Gasteiger partial charge in [0.1, 0.15) is 5.69 Å². The molecule has 0 amide bonds. The predicted molar refractivity (Wildman–Crippen MR) is 108 cm³/mol. The van der Waals surface area contributed by atoms with Crippen LogP contribution in [0.2, 0.25) is 0 Å². The number of rotatable bonds is 1. The average molecular weight is 379 g/mol. The fraction of sp³-hybridized carbons (Fsp3) is 0.368. The number of halogens is 2. The summed E-state index contributed by atoms with van der Waals surface area (Å²) in [7, 11) is 0. The van der Waals surface area contributed by atoms with Crippen molar-refractivity contribution in [2.45, 2.75) is 40.3 Å². The molecule has 25 heavy (non-hydrogen) atoms. The molecule has 2 aromatic heterocycles. The van der Waals surface area contributed by atoms with Crippen LogP contribution >= 0.6 is 24.8 Å². The second-order valence-electron chi connectivity index (χ2n) is 6.52. The van der Waals surface area contributed by atoms with Gasteiger partial charge in [0.25, 0.3) is 0 Å². The maximum Gasteiger partial charge on any atom is 0.111 e. The zero-order valence-electron chi connectivity index (χ0n) is 14.8. The Labute approximate surface area is 160 Å². The summed E-state index contributed by atoms with van der Waals surface area (Å²) in [6.45, 7) is 9.38. The fourth-order valence-electron chi connectivity index (χ4n) is 3.49. The minimum absolute atomic E-state index is 0. The molecule has 4 rings (SSSR count). The molecule has 134 valence electrons. The molecule has 0 saturated heterocycles. The molecular formula is C19H24Cl2N4. The van der Waals surface area contributed by atoms with Crippen LogP contribution in [0, 0.1) is 20.8 Å². The van der Waals surface area contributed by atoms with Gasteiger partial charge in [-0.15, -0.1) is 24.8 Å². The van der Waals surface area contributed by atoms with Gasteiger partial charge in [0.15, 0.2) is 0 Å². The summed E-state index contributed by atoms with van der Waals surface area (Å²) in [4.78, 5) is 4.94. The van der Waals surface area contributed by atoms with Crippen LogP contribution in [0.3, 0.4) is 0 Å². The third-order valence-corrected chi connectivity index (χ3v) is 4.72. The molecule has 0 atom stereocenters. The Morgan fingerprint density at radius 1 is 0.960 bits per heavy atom. The van der Waals surface area contributed by atoms with Gasteiger partial charge in [0.05, 0.1) is 16.9 Å². The van der Waals surface area contributed by atoms with Gasteiger partial charge in [-0.2, -0.15) is 5.10 Å². The smallest absolute Gasteiger partial charge is 0.111 e. The number of fused-ring (bicyclic) bond motifs is 2. The van der Waals surface area contributed by atoms with Gasteiger partial charge in [-0.3, -0.25) is 4.68 Å². The van der Waals surface area contributed by atoms with Crippen LogP contribution < -0.4 is 5.32 Å². The molecule has 0 bridgehead atoms. The minimum atomic E-state index is 0. The molecular weight excluding hydrogens is 355 g/mol. The van der Waals surface area contributed by atoms with Crippen LogP contribution in [0.1, 0.15) is 28.8 Å². The van der Waals surface area contributed by atoms with Gasteiger partial charge in [0, 0.05) is 18.5 Å². The number of aryl methyl sites for hydroxylation is 4. The molecule has 6 heteroatoms. The molecule has 1 aliphatic heterocycles. The van der Waals surface area contributed by atoms with Crippen LogP contribution in [0.4, 0.5) is 0 Å². The van der Waals surface area contributed by atoms with Gasteiger partial charge in [0.2, 0.25) is 0 Å². The van der Waals surface area contributed by atoms with Crippen LogP contribution in [0.25, 0.3) is 22.3 Å². The standard InChI is InChI=1S/C19H22N4.2ClH/c1-12-5-6-13(2)19-18(12)14(3)9-16(21-19)17-10-15-11-20-7-4-8-23(15)22-17;;/h5-6,9-10,20H,4,7-8,11H2,1-3H3;2*1H. The van der Waals surface area contributed by atoms with Crippen molar-refractivity contribution in [2.24, 2.45) is 0 Å². The number of nitrogens with zero attached hydrogens (tertiary/aromatic N) is 3. The number of aromatic nitrogens is 3. The number of nitrogens with one attached hydrogen (secondary N) is 1. The molecule has 3 aromatic rings. The SMILES string of the molecule is Cc1ccc(C)c2c(C)cc(-c3cc4n(n3)CCCNC4)nc12.Cl.Cl. The van der Waals surface area contributed by atoms with Crippen molar-refractivity contribution in [3.8, 4) is 11.4 Å². The Bertz CT molecular complexity index is 879. The highest BCUT2D eigenvalue weighted by atomic mass is 35.5. The first-order valence-corrected chi connectivity index (χ1v) is 8.29. The summed E-state index contributed by atoms with van der Waals surface area (Å²) in [5.74, 6) is 0. The van der Waals surface area contributed by atoms with E-state index in [0.29, 0.717) is 0 Å². The highest BCUT2D eigenvalue weighted by Gasteiger charge is 2.15. The lowest BCUT2D eigenvalue weighted by molar-refractivity contribution is 0.589. The maximum atomic E-state index is 4.94. The maximum absolute atomic E-state index is 4.94. The Morgan fingerprint density at radius 2 is 1.72 bits per heavy atom. The van der Waals surface area contributed by atoms with E-state index in [4.69, 9.17) is 10.1 Å². The number of hydrogen-bond donors (Lipinski definition) is 1. The van der Waals surface area contributed by atoms with Crippen LogP contribution in [0.15, 0.2) is 24.3 Å². The molecule has 1 aromatic carbocycles. The van der Waals surface area contributed by atoms with Gasteiger partial charge in [-0.1, -0.05) is 12.1 Å². The van der Waals surface area contributed by atoms with E-state index >= 15 is 0 Å². The molecule has 1 N–H and O–H groups in total. The van der Waals surface area contributed by atoms with E-state index < -0.39 is 0 Å². The van der Waals surface area contributed by atoms with E-state index in [0.717, 1.165) is 43.0 Å². The van der Waals surface area contributed by atoms with E-state index in [2.05, 4.69) is 55.0 Å². The molecule has 0 aliphatic carbocycles. The molecule has 0 fully saturated rings. The van der Waals surface area contributed by atoms with Crippen molar-refractivity contribution in [1.82, 2.24) is 20.1 Å². The van der Waals surface area contributed by atoms with Crippen LogP contribution in [-0.2, 0) is 13.1 Å². The summed E-state index contributed by atoms with van der Waals surface area (Å²) in [5, 5.41) is 9.51. The lowest BCUT2D eigenvalue weighted by Gasteiger charge is -2.10. The van der Waals surface area contributed by atoms with E-state index in [1.54, 1.807) is 0 Å². The van der Waals surface area contributed by atoms with Gasteiger partial charge in [-0.05, 0) is 62.6 Å². The molecule has 1 aliphatic rings. The third kappa shape index (κ3) is 3.52. The lowest BCUT2D eigenvalue weighted by Crippen LogP contribution is -2.11.